The van der Waals surface area contributed by atoms with Crippen LogP contribution < -0.4 is 22.1 Å². The molecule has 2 rings (SSSR count). The number of ether oxygens (including phenoxy) is 3. The molecule has 0 bridgehead atoms. The summed E-state index contributed by atoms with van der Waals surface area (Å²) in [4.78, 5) is 34.5. The van der Waals surface area contributed by atoms with Crippen molar-refractivity contribution < 1.29 is 34.0 Å². The summed E-state index contributed by atoms with van der Waals surface area (Å²) in [5.74, 6) is -1.03. The molecule has 1 saturated heterocycles. The number of carbonyl (C=O) groups excluding carboxylic acids is 2. The maximum absolute atomic E-state index is 12.6. The van der Waals surface area contributed by atoms with Crippen molar-refractivity contribution in [3.05, 3.63) is 6.33 Å². The van der Waals surface area contributed by atoms with Gasteiger partial charge in [-0.15, -0.1) is 0 Å². The summed E-state index contributed by atoms with van der Waals surface area (Å²) in [6.45, 7) is 14.7. The van der Waals surface area contributed by atoms with Crippen molar-refractivity contribution >= 4 is 29.5 Å². The first kappa shape index (κ1) is 34.1. The van der Waals surface area contributed by atoms with E-state index < -0.39 is 23.1 Å². The Balaban J connectivity index is 0.00000139. The average molecular weight is 558 g/mol. The lowest BCUT2D eigenvalue weighted by molar-refractivity contribution is -0.127. The van der Waals surface area contributed by atoms with Gasteiger partial charge in [0, 0.05) is 6.54 Å². The van der Waals surface area contributed by atoms with Crippen LogP contribution in [0.1, 0.15) is 74.7 Å². The third-order valence-electron chi connectivity index (χ3n) is 4.62. The van der Waals surface area contributed by atoms with E-state index in [4.69, 9.17) is 35.9 Å². The first-order chi connectivity index (χ1) is 17.8. The van der Waals surface area contributed by atoms with E-state index in [2.05, 4.69) is 20.6 Å². The summed E-state index contributed by atoms with van der Waals surface area (Å²) >= 11 is 0. The zero-order chi connectivity index (χ0) is 30.0. The molecule has 1 aromatic heterocycles. The highest BCUT2D eigenvalue weighted by atomic mass is 16.6. The molecule has 1 fully saturated rings. The summed E-state index contributed by atoms with van der Waals surface area (Å²) in [5.41, 5.74) is 10.7. The van der Waals surface area contributed by atoms with Gasteiger partial charge in [-0.2, -0.15) is 0 Å². The van der Waals surface area contributed by atoms with Crippen LogP contribution in [0.4, 0.5) is 26.9 Å². The number of nitrogens with zero attached hydrogens (tertiary/aromatic N) is 3. The lowest BCUT2D eigenvalue weighted by Gasteiger charge is -2.29. The van der Waals surface area contributed by atoms with Gasteiger partial charge in [0.15, 0.2) is 17.4 Å². The molecule has 1 aromatic rings. The topological polar surface area (TPSA) is 207 Å². The highest BCUT2D eigenvalue weighted by Crippen LogP contribution is 2.28. The molecule has 2 heterocycles. The first-order valence-corrected chi connectivity index (χ1v) is 12.9. The SMILES string of the molecule is CC(C)(C)OC(=O)Nc1ncnc(NC2CCC(CN(CCCN)C(=O)OC(C)(C)C)O2)c1N.CC(C)(O)O. The number of aliphatic hydroxyl groups is 2. The van der Waals surface area contributed by atoms with Crippen molar-refractivity contribution in [1.29, 1.82) is 0 Å². The number of nitrogens with two attached hydrogens (primary N) is 2. The lowest BCUT2D eigenvalue weighted by atomic mass is 10.2. The second-order valence-corrected chi connectivity index (χ2v) is 11.6. The predicted molar refractivity (Wildman–Crippen MR) is 148 cm³/mol. The fourth-order valence-corrected chi connectivity index (χ4v) is 3.22. The van der Waals surface area contributed by atoms with E-state index >= 15 is 0 Å². The van der Waals surface area contributed by atoms with Gasteiger partial charge >= 0.3 is 12.2 Å². The zero-order valence-corrected chi connectivity index (χ0v) is 24.4. The number of amides is 2. The molecule has 224 valence electrons. The van der Waals surface area contributed by atoms with E-state index in [0.717, 1.165) is 6.42 Å². The third-order valence-corrected chi connectivity index (χ3v) is 4.62. The van der Waals surface area contributed by atoms with Crippen LogP contribution in [0.3, 0.4) is 0 Å². The Morgan fingerprint density at radius 3 is 2.15 bits per heavy atom. The number of hydrogen-bond acceptors (Lipinski definition) is 12. The average Bonchev–Trinajstić information content (AvgIpc) is 3.17. The van der Waals surface area contributed by atoms with Gasteiger partial charge in [-0.25, -0.2) is 19.6 Å². The number of carbonyl (C=O) groups is 2. The van der Waals surface area contributed by atoms with E-state index in [9.17, 15) is 9.59 Å². The van der Waals surface area contributed by atoms with Crippen molar-refractivity contribution in [2.24, 2.45) is 5.73 Å². The molecule has 0 spiro atoms. The van der Waals surface area contributed by atoms with Crippen LogP contribution in [-0.4, -0.2) is 86.2 Å². The summed E-state index contributed by atoms with van der Waals surface area (Å²) in [6, 6.07) is 0. The highest BCUT2D eigenvalue weighted by molar-refractivity contribution is 5.89. The fourth-order valence-electron chi connectivity index (χ4n) is 3.22. The molecule has 14 nitrogen and oxygen atoms in total. The molecule has 0 saturated carbocycles. The molecule has 2 amide bonds. The van der Waals surface area contributed by atoms with Gasteiger partial charge in [0.05, 0.1) is 12.6 Å². The molecule has 0 aliphatic carbocycles. The van der Waals surface area contributed by atoms with Gasteiger partial charge in [0.2, 0.25) is 0 Å². The molecule has 14 heteroatoms. The normalized spacial score (nSPS) is 17.5. The standard InChI is InChI=1S/C22H39N7O5.C3H8O2/c1-21(2,3)33-19(30)28-18-16(24)17(25-13-26-18)27-15-9-8-14(32-15)12-29(11-7-10-23)20(31)34-22(4,5)6;1-3(2,4)5/h13-15H,7-12,23-24H2,1-6H3,(H2,25,26,27,28,30);4-5H,1-2H3. The largest absolute Gasteiger partial charge is 0.444 e. The maximum Gasteiger partial charge on any atom is 0.413 e. The summed E-state index contributed by atoms with van der Waals surface area (Å²) < 4.78 is 16.8. The van der Waals surface area contributed by atoms with Crippen LogP contribution in [0.5, 0.6) is 0 Å². The minimum absolute atomic E-state index is 0.138. The van der Waals surface area contributed by atoms with Gasteiger partial charge in [0.25, 0.3) is 0 Å². The summed E-state index contributed by atoms with van der Waals surface area (Å²) in [5, 5.41) is 21.8. The van der Waals surface area contributed by atoms with Crippen LogP contribution in [0, 0.1) is 0 Å². The number of rotatable bonds is 8. The van der Waals surface area contributed by atoms with Crippen LogP contribution in [0.25, 0.3) is 0 Å². The Morgan fingerprint density at radius 1 is 1.05 bits per heavy atom. The Labute approximate surface area is 230 Å². The van der Waals surface area contributed by atoms with E-state index in [1.54, 1.807) is 25.7 Å². The Bertz CT molecular complexity index is 921. The van der Waals surface area contributed by atoms with Crippen LogP contribution >= 0.6 is 0 Å². The maximum atomic E-state index is 12.6. The molecule has 0 aromatic carbocycles. The highest BCUT2D eigenvalue weighted by Gasteiger charge is 2.31. The number of nitrogens with one attached hydrogen (secondary N) is 2. The number of anilines is 3. The van der Waals surface area contributed by atoms with Crippen LogP contribution in [-0.2, 0) is 14.2 Å². The van der Waals surface area contributed by atoms with Gasteiger partial charge in [-0.1, -0.05) is 0 Å². The second-order valence-electron chi connectivity index (χ2n) is 11.6. The Morgan fingerprint density at radius 2 is 1.62 bits per heavy atom. The van der Waals surface area contributed by atoms with Crippen molar-refractivity contribution in [2.75, 3.05) is 36.0 Å². The van der Waals surface area contributed by atoms with Crippen molar-refractivity contribution in [3.63, 3.8) is 0 Å². The van der Waals surface area contributed by atoms with Gasteiger partial charge in [0.1, 0.15) is 29.4 Å². The smallest absolute Gasteiger partial charge is 0.413 e. The Hall–Kier alpha value is -2.94. The summed E-state index contributed by atoms with van der Waals surface area (Å²) in [7, 11) is 0. The lowest BCUT2D eigenvalue weighted by Crippen LogP contribution is -2.42. The molecule has 0 radical (unpaired) electrons. The molecular weight excluding hydrogens is 510 g/mol. The Kier molecular flexibility index (Phi) is 12.6. The minimum Gasteiger partial charge on any atom is -0.444 e. The van der Waals surface area contributed by atoms with E-state index in [0.29, 0.717) is 38.3 Å². The monoisotopic (exact) mass is 557 g/mol. The zero-order valence-electron chi connectivity index (χ0n) is 24.4. The molecule has 8 N–H and O–H groups in total. The van der Waals surface area contributed by atoms with Gasteiger partial charge in [-0.3, -0.25) is 5.32 Å². The summed E-state index contributed by atoms with van der Waals surface area (Å²) in [6.07, 6.45) is 1.75. The van der Waals surface area contributed by atoms with E-state index in [-0.39, 0.29) is 29.9 Å². The molecular formula is C25H47N7O7. The molecule has 1 aliphatic rings. The predicted octanol–water partition coefficient (Wildman–Crippen LogP) is 2.62. The van der Waals surface area contributed by atoms with Crippen LogP contribution in [0.15, 0.2) is 6.33 Å². The van der Waals surface area contributed by atoms with E-state index in [1.807, 2.05) is 20.8 Å². The number of nitrogen functional groups attached to an aromatic ring is 1. The quantitative estimate of drug-likeness (QED) is 0.255. The van der Waals surface area contributed by atoms with Crippen molar-refractivity contribution in [2.45, 2.75) is 104 Å². The van der Waals surface area contributed by atoms with Crippen LogP contribution in [0.2, 0.25) is 0 Å². The van der Waals surface area contributed by atoms with Crippen molar-refractivity contribution in [1.82, 2.24) is 14.9 Å². The first-order valence-electron chi connectivity index (χ1n) is 12.9. The van der Waals surface area contributed by atoms with Crippen molar-refractivity contribution in [3.8, 4) is 0 Å². The van der Waals surface area contributed by atoms with Gasteiger partial charge < -0.3 is 46.1 Å². The molecule has 2 unspecified atom stereocenters. The number of aromatic nitrogens is 2. The van der Waals surface area contributed by atoms with Gasteiger partial charge in [-0.05, 0) is 81.2 Å². The minimum atomic E-state index is -1.50. The second kappa shape index (κ2) is 14.4. The molecule has 1 aliphatic heterocycles. The fraction of sp³-hybridized carbons (Fsp3) is 0.760. The van der Waals surface area contributed by atoms with E-state index in [1.165, 1.54) is 20.2 Å². The molecule has 2 atom stereocenters. The third kappa shape index (κ3) is 15.3. The number of hydrogen-bond donors (Lipinski definition) is 6. The molecule has 39 heavy (non-hydrogen) atoms.